The van der Waals surface area contributed by atoms with Gasteiger partial charge in [0, 0.05) is 35.7 Å². The lowest BCUT2D eigenvalue weighted by Gasteiger charge is -2.16. The fourth-order valence-electron chi connectivity index (χ4n) is 3.41. The van der Waals surface area contributed by atoms with Crippen LogP contribution in [0, 0.1) is 0 Å². The van der Waals surface area contributed by atoms with Crippen molar-refractivity contribution in [3.63, 3.8) is 0 Å². The number of rotatable bonds is 5. The third kappa shape index (κ3) is 4.36. The van der Waals surface area contributed by atoms with Crippen molar-refractivity contribution in [2.45, 2.75) is 0 Å². The normalized spacial score (nSPS) is 10.7. The Balaban J connectivity index is 1.85. The first-order valence-corrected chi connectivity index (χ1v) is 10.6. The number of nitrogens with zero attached hydrogens (tertiary/aromatic N) is 3. The van der Waals surface area contributed by atoms with E-state index in [4.69, 9.17) is 43.1 Å². The van der Waals surface area contributed by atoms with Gasteiger partial charge in [0.15, 0.2) is 0 Å². The van der Waals surface area contributed by atoms with Crippen molar-refractivity contribution in [1.82, 2.24) is 14.5 Å². The minimum Gasteiger partial charge on any atom is -0.495 e. The molecule has 2 aromatic carbocycles. The van der Waals surface area contributed by atoms with Gasteiger partial charge in [0.05, 0.1) is 41.5 Å². The molecule has 0 aliphatic rings. The third-order valence-corrected chi connectivity index (χ3v) is 5.77. The number of halogens is 2. The molecular formula is C23H16Cl2N4O6. The number of methoxy groups -OCH3 is 2. The van der Waals surface area contributed by atoms with Gasteiger partial charge in [0.25, 0.3) is 5.56 Å². The Morgan fingerprint density at radius 3 is 2.17 bits per heavy atom. The van der Waals surface area contributed by atoms with Gasteiger partial charge in [-0.2, -0.15) is 0 Å². The lowest BCUT2D eigenvalue weighted by atomic mass is 10.00. The number of esters is 1. The van der Waals surface area contributed by atoms with Crippen LogP contribution >= 0.6 is 23.2 Å². The zero-order valence-corrected chi connectivity index (χ0v) is 19.8. The van der Waals surface area contributed by atoms with E-state index in [1.54, 1.807) is 12.1 Å². The number of amides is 1. The fraction of sp³-hybridized carbons (Fsp3) is 0.0870. The highest BCUT2D eigenvalue weighted by Gasteiger charge is 2.24. The first-order valence-electron chi connectivity index (χ1n) is 9.85. The molecular weight excluding hydrogens is 499 g/mol. The molecule has 10 nitrogen and oxygen atoms in total. The van der Waals surface area contributed by atoms with Crippen LogP contribution in [0.2, 0.25) is 10.0 Å². The number of aromatic nitrogens is 3. The number of hydrogen-bond acceptors (Lipinski definition) is 8. The summed E-state index contributed by atoms with van der Waals surface area (Å²) in [6.45, 7) is 0. The van der Waals surface area contributed by atoms with E-state index >= 15 is 0 Å². The molecule has 0 saturated carbocycles. The van der Waals surface area contributed by atoms with Crippen molar-refractivity contribution in [2.24, 2.45) is 5.73 Å². The van der Waals surface area contributed by atoms with E-state index in [0.717, 1.165) is 12.3 Å². The summed E-state index contributed by atoms with van der Waals surface area (Å²) < 4.78 is 16.7. The number of carbonyl (C=O) groups excluding carboxylic acids is 2. The Kier molecular flexibility index (Phi) is 6.59. The molecule has 4 rings (SSSR count). The number of ether oxygens (including phenoxy) is 3. The van der Waals surface area contributed by atoms with Crippen LogP contribution in [0.15, 0.2) is 53.7 Å². The SMILES string of the molecule is COc1cc(OC)c(Cl)c(-c2ccc(C(=O)Oc3ccc(=O)n(C(N)=O)c3)c3nccnc23)c1Cl. The maximum absolute atomic E-state index is 13.0. The second kappa shape index (κ2) is 9.61. The maximum atomic E-state index is 13.0. The van der Waals surface area contributed by atoms with E-state index in [1.807, 2.05) is 0 Å². The summed E-state index contributed by atoms with van der Waals surface area (Å²) in [6.07, 6.45) is 3.88. The second-order valence-electron chi connectivity index (χ2n) is 7.00. The topological polar surface area (TPSA) is 136 Å². The summed E-state index contributed by atoms with van der Waals surface area (Å²) in [4.78, 5) is 44.8. The van der Waals surface area contributed by atoms with Gasteiger partial charge in [0.1, 0.15) is 22.8 Å². The molecule has 0 aliphatic carbocycles. The molecule has 2 N–H and O–H groups in total. The number of hydrogen-bond donors (Lipinski definition) is 1. The third-order valence-electron chi connectivity index (χ3n) is 5.02. The van der Waals surface area contributed by atoms with E-state index in [1.165, 1.54) is 38.7 Å². The Hall–Kier alpha value is -4.15. The molecule has 0 saturated heterocycles. The number of pyridine rings is 1. The second-order valence-corrected chi connectivity index (χ2v) is 7.76. The summed E-state index contributed by atoms with van der Waals surface area (Å²) in [5.41, 5.74) is 5.92. The predicted molar refractivity (Wildman–Crippen MR) is 129 cm³/mol. The summed E-state index contributed by atoms with van der Waals surface area (Å²) in [6, 6.07) is 5.88. The van der Waals surface area contributed by atoms with Crippen LogP contribution < -0.4 is 25.5 Å². The van der Waals surface area contributed by atoms with Crippen LogP contribution in [-0.4, -0.2) is 40.8 Å². The van der Waals surface area contributed by atoms with Crippen LogP contribution in [0.25, 0.3) is 22.2 Å². The van der Waals surface area contributed by atoms with Crippen LogP contribution in [0.3, 0.4) is 0 Å². The Bertz CT molecular complexity index is 1530. The molecule has 0 aliphatic heterocycles. The van der Waals surface area contributed by atoms with Gasteiger partial charge in [-0.05, 0) is 12.1 Å². The largest absolute Gasteiger partial charge is 0.495 e. The molecule has 1 amide bonds. The van der Waals surface area contributed by atoms with Crippen molar-refractivity contribution in [1.29, 1.82) is 0 Å². The van der Waals surface area contributed by atoms with E-state index in [0.29, 0.717) is 32.7 Å². The average molecular weight is 515 g/mol. The predicted octanol–water partition coefficient (Wildman–Crippen LogP) is 3.93. The zero-order chi connectivity index (χ0) is 25.3. The van der Waals surface area contributed by atoms with Gasteiger partial charge in [-0.1, -0.05) is 29.3 Å². The van der Waals surface area contributed by atoms with Crippen molar-refractivity contribution < 1.29 is 23.8 Å². The summed E-state index contributed by atoms with van der Waals surface area (Å²) >= 11 is 13.1. The highest BCUT2D eigenvalue weighted by molar-refractivity contribution is 6.41. The van der Waals surface area contributed by atoms with Gasteiger partial charge in [-0.25, -0.2) is 14.2 Å². The summed E-state index contributed by atoms with van der Waals surface area (Å²) in [7, 11) is 2.91. The van der Waals surface area contributed by atoms with Gasteiger partial charge >= 0.3 is 12.0 Å². The van der Waals surface area contributed by atoms with Crippen molar-refractivity contribution >= 4 is 46.2 Å². The lowest BCUT2D eigenvalue weighted by molar-refractivity contribution is 0.0735. The van der Waals surface area contributed by atoms with E-state index in [2.05, 4.69) is 9.97 Å². The highest BCUT2D eigenvalue weighted by Crippen LogP contribution is 2.47. The standard InChI is InChI=1S/C23H16Cl2N4O6/c1-33-14-9-15(34-2)19(25)17(18(14)24)12-4-5-13(21-20(12)27-7-8-28-21)22(31)35-11-3-6-16(30)29(10-11)23(26)32/h3-10H,1-2H3,(H2,26,32). The average Bonchev–Trinajstić information content (AvgIpc) is 2.85. The van der Waals surface area contributed by atoms with Crippen LogP contribution in [0.1, 0.15) is 10.4 Å². The van der Waals surface area contributed by atoms with E-state index in [-0.39, 0.29) is 26.9 Å². The van der Waals surface area contributed by atoms with Gasteiger partial charge in [-0.15, -0.1) is 0 Å². The zero-order valence-electron chi connectivity index (χ0n) is 18.2. The Morgan fingerprint density at radius 1 is 0.943 bits per heavy atom. The number of nitrogens with two attached hydrogens (primary N) is 1. The molecule has 35 heavy (non-hydrogen) atoms. The minimum absolute atomic E-state index is 0.0655. The lowest BCUT2D eigenvalue weighted by Crippen LogP contribution is -2.30. The van der Waals surface area contributed by atoms with Crippen molar-refractivity contribution in [3.05, 3.63) is 74.9 Å². The fourth-order valence-corrected chi connectivity index (χ4v) is 4.11. The maximum Gasteiger partial charge on any atom is 0.345 e. The first kappa shape index (κ1) is 24.0. The van der Waals surface area contributed by atoms with Crippen LogP contribution in [0.4, 0.5) is 4.79 Å². The molecule has 2 heterocycles. The molecule has 0 fully saturated rings. The molecule has 0 bridgehead atoms. The number of carbonyl (C=O) groups is 2. The molecule has 0 radical (unpaired) electrons. The van der Waals surface area contributed by atoms with Crippen LogP contribution in [-0.2, 0) is 0 Å². The first-order chi connectivity index (χ1) is 16.8. The smallest absolute Gasteiger partial charge is 0.345 e. The molecule has 4 aromatic rings. The van der Waals surface area contributed by atoms with Gasteiger partial charge < -0.3 is 19.9 Å². The Morgan fingerprint density at radius 2 is 1.57 bits per heavy atom. The molecule has 0 atom stereocenters. The minimum atomic E-state index is -1.02. The quantitative estimate of drug-likeness (QED) is 0.395. The number of primary amides is 1. The summed E-state index contributed by atoms with van der Waals surface area (Å²) in [5, 5.41) is 0.434. The Labute approximate surface area is 207 Å². The molecule has 2 aromatic heterocycles. The molecule has 0 unspecified atom stereocenters. The number of benzene rings is 2. The number of fused-ring (bicyclic) bond motifs is 1. The van der Waals surface area contributed by atoms with Crippen molar-refractivity contribution in [3.8, 4) is 28.4 Å². The van der Waals surface area contributed by atoms with Gasteiger partial charge in [-0.3, -0.25) is 14.8 Å². The highest BCUT2D eigenvalue weighted by atomic mass is 35.5. The van der Waals surface area contributed by atoms with Crippen molar-refractivity contribution in [2.75, 3.05) is 14.2 Å². The monoisotopic (exact) mass is 514 g/mol. The van der Waals surface area contributed by atoms with Crippen LogP contribution in [0.5, 0.6) is 17.2 Å². The summed E-state index contributed by atoms with van der Waals surface area (Å²) in [5.74, 6) is -0.226. The molecule has 0 spiro atoms. The van der Waals surface area contributed by atoms with Gasteiger partial charge in [0.2, 0.25) is 0 Å². The van der Waals surface area contributed by atoms with E-state index < -0.39 is 17.6 Å². The molecule has 12 heteroatoms. The van der Waals surface area contributed by atoms with E-state index in [9.17, 15) is 14.4 Å². The molecule has 178 valence electrons.